The Morgan fingerprint density at radius 3 is 2.73 bits per heavy atom. The molecule has 2 rings (SSSR count). The number of likely N-dealkylation sites (tertiary alicyclic amines) is 1. The molecule has 0 spiro atoms. The van der Waals surface area contributed by atoms with E-state index in [-0.39, 0.29) is 17.6 Å². The molecule has 1 fully saturated rings. The number of aliphatic carboxylic acids is 1. The lowest BCUT2D eigenvalue weighted by atomic mass is 9.90. The summed E-state index contributed by atoms with van der Waals surface area (Å²) in [6.45, 7) is 3.92. The monoisotopic (exact) mass is 328 g/mol. The molecule has 5 nitrogen and oxygen atoms in total. The van der Waals surface area contributed by atoms with Gasteiger partial charge in [0, 0.05) is 18.1 Å². The molecule has 120 valence electrons. The second-order valence-corrected chi connectivity index (χ2v) is 6.28. The third-order valence-electron chi connectivity index (χ3n) is 4.05. The van der Waals surface area contributed by atoms with Crippen LogP contribution in [0.2, 0.25) is 5.02 Å². The number of nitrogens with zero attached hydrogens (tertiary/aromatic N) is 1. The summed E-state index contributed by atoms with van der Waals surface area (Å²) in [5.74, 6) is -1.35. The number of carbonyl (C=O) groups excluding carboxylic acids is 1. The Morgan fingerprint density at radius 2 is 2.18 bits per heavy atom. The zero-order valence-corrected chi connectivity index (χ0v) is 13.2. The smallest absolute Gasteiger partial charge is 0.317 e. The first-order chi connectivity index (χ1) is 10.2. The maximum Gasteiger partial charge on any atom is 0.317 e. The molecule has 22 heavy (non-hydrogen) atoms. The normalized spacial score (nSPS) is 22.5. The van der Waals surface area contributed by atoms with Crippen molar-refractivity contribution < 1.29 is 19.1 Å². The molecule has 7 heteroatoms. The molecule has 0 aliphatic carbocycles. The van der Waals surface area contributed by atoms with Crippen LogP contribution in [0.5, 0.6) is 0 Å². The van der Waals surface area contributed by atoms with Crippen molar-refractivity contribution in [2.45, 2.75) is 26.3 Å². The van der Waals surface area contributed by atoms with Crippen LogP contribution in [0.25, 0.3) is 0 Å². The van der Waals surface area contributed by atoms with E-state index < -0.39 is 23.2 Å². The highest BCUT2D eigenvalue weighted by molar-refractivity contribution is 6.31. The highest BCUT2D eigenvalue weighted by Gasteiger charge is 2.42. The number of nitrogens with one attached hydrogen (secondary N) is 1. The number of carbonyl (C=O) groups is 2. The molecule has 0 radical (unpaired) electrons. The van der Waals surface area contributed by atoms with Crippen LogP contribution in [-0.4, -0.2) is 35.1 Å². The van der Waals surface area contributed by atoms with Crippen LogP contribution in [0.1, 0.15) is 31.9 Å². The topological polar surface area (TPSA) is 69.6 Å². The summed E-state index contributed by atoms with van der Waals surface area (Å²) < 4.78 is 13.0. The predicted molar refractivity (Wildman–Crippen MR) is 80.3 cm³/mol. The molecule has 1 heterocycles. The second kappa shape index (κ2) is 6.12. The summed E-state index contributed by atoms with van der Waals surface area (Å²) in [5.41, 5.74) is -0.301. The number of benzene rings is 1. The number of amides is 2. The van der Waals surface area contributed by atoms with Crippen molar-refractivity contribution in [2.75, 3.05) is 13.1 Å². The minimum atomic E-state index is -0.909. The number of halogens is 2. The molecule has 1 saturated heterocycles. The average Bonchev–Trinajstić information content (AvgIpc) is 2.82. The van der Waals surface area contributed by atoms with Gasteiger partial charge in [-0.2, -0.15) is 0 Å². The van der Waals surface area contributed by atoms with E-state index in [0.29, 0.717) is 18.5 Å². The Balaban J connectivity index is 2.02. The molecule has 2 amide bonds. The van der Waals surface area contributed by atoms with Crippen molar-refractivity contribution in [3.63, 3.8) is 0 Å². The van der Waals surface area contributed by atoms with Crippen molar-refractivity contribution in [2.24, 2.45) is 5.41 Å². The number of urea groups is 1. The standard InChI is InChI=1S/C15H18ClFN2O3/c1-9(11-4-3-10(17)7-12(11)16)18-14(22)19-6-5-15(2,8-19)13(20)21/h3-4,7,9H,5-6,8H2,1-2H3,(H,18,22)(H,20,21). The fourth-order valence-corrected chi connectivity index (χ4v) is 2.85. The fraction of sp³-hybridized carbons (Fsp3) is 0.467. The van der Waals surface area contributed by atoms with Crippen molar-refractivity contribution in [3.05, 3.63) is 34.6 Å². The lowest BCUT2D eigenvalue weighted by Crippen LogP contribution is -2.41. The van der Waals surface area contributed by atoms with Crippen LogP contribution in [0, 0.1) is 11.2 Å². The van der Waals surface area contributed by atoms with E-state index in [1.807, 2.05) is 0 Å². The number of carboxylic acid groups (broad SMARTS) is 1. The number of hydrogen-bond acceptors (Lipinski definition) is 2. The lowest BCUT2D eigenvalue weighted by Gasteiger charge is -2.23. The van der Waals surface area contributed by atoms with Gasteiger partial charge in [0.1, 0.15) is 5.82 Å². The second-order valence-electron chi connectivity index (χ2n) is 5.87. The van der Waals surface area contributed by atoms with Crippen molar-refractivity contribution >= 4 is 23.6 Å². The first-order valence-corrected chi connectivity index (χ1v) is 7.34. The SMILES string of the molecule is CC(NC(=O)N1CCC(C)(C(=O)O)C1)c1ccc(F)cc1Cl. The van der Waals surface area contributed by atoms with E-state index in [2.05, 4.69) is 5.32 Å². The molecular formula is C15H18ClFN2O3. The van der Waals surface area contributed by atoms with E-state index in [0.717, 1.165) is 0 Å². The molecule has 2 atom stereocenters. The van der Waals surface area contributed by atoms with Gasteiger partial charge in [0.25, 0.3) is 0 Å². The van der Waals surface area contributed by atoms with Crippen LogP contribution in [-0.2, 0) is 4.79 Å². The quantitative estimate of drug-likeness (QED) is 0.896. The van der Waals surface area contributed by atoms with Crippen LogP contribution in [0.3, 0.4) is 0 Å². The van der Waals surface area contributed by atoms with Gasteiger partial charge in [0.15, 0.2) is 0 Å². The van der Waals surface area contributed by atoms with Gasteiger partial charge in [-0.25, -0.2) is 9.18 Å². The molecule has 1 aromatic rings. The molecule has 2 unspecified atom stereocenters. The van der Waals surface area contributed by atoms with E-state index in [4.69, 9.17) is 11.6 Å². The van der Waals surface area contributed by atoms with Crippen molar-refractivity contribution in [1.29, 1.82) is 0 Å². The Labute approximate surface area is 133 Å². The van der Waals surface area contributed by atoms with Gasteiger partial charge in [0.2, 0.25) is 0 Å². The van der Waals surface area contributed by atoms with E-state index >= 15 is 0 Å². The van der Waals surface area contributed by atoms with Crippen molar-refractivity contribution in [3.8, 4) is 0 Å². The minimum absolute atomic E-state index is 0.165. The summed E-state index contributed by atoms with van der Waals surface area (Å²) in [5, 5.41) is 12.2. The summed E-state index contributed by atoms with van der Waals surface area (Å²) in [6, 6.07) is 3.24. The summed E-state index contributed by atoms with van der Waals surface area (Å²) in [4.78, 5) is 24.9. The van der Waals surface area contributed by atoms with Gasteiger partial charge in [-0.1, -0.05) is 17.7 Å². The lowest BCUT2D eigenvalue weighted by molar-refractivity contribution is -0.146. The summed E-state index contributed by atoms with van der Waals surface area (Å²) >= 11 is 5.97. The maximum absolute atomic E-state index is 13.0. The summed E-state index contributed by atoms with van der Waals surface area (Å²) in [6.07, 6.45) is 0.418. The highest BCUT2D eigenvalue weighted by atomic mass is 35.5. The van der Waals surface area contributed by atoms with E-state index in [9.17, 15) is 19.1 Å². The Bertz CT molecular complexity index is 610. The highest BCUT2D eigenvalue weighted by Crippen LogP contribution is 2.30. The largest absolute Gasteiger partial charge is 0.481 e. The molecular weight excluding hydrogens is 311 g/mol. The van der Waals surface area contributed by atoms with Gasteiger partial charge in [-0.05, 0) is 38.0 Å². The third-order valence-corrected chi connectivity index (χ3v) is 4.37. The van der Waals surface area contributed by atoms with Gasteiger partial charge < -0.3 is 15.3 Å². The van der Waals surface area contributed by atoms with E-state index in [1.54, 1.807) is 13.8 Å². The van der Waals surface area contributed by atoms with Crippen LogP contribution >= 0.6 is 11.6 Å². The zero-order valence-electron chi connectivity index (χ0n) is 12.4. The fourth-order valence-electron chi connectivity index (χ4n) is 2.52. The van der Waals surface area contributed by atoms with Gasteiger partial charge in [-0.15, -0.1) is 0 Å². The number of hydrogen-bond donors (Lipinski definition) is 2. The van der Waals surface area contributed by atoms with Gasteiger partial charge >= 0.3 is 12.0 Å². The molecule has 0 bridgehead atoms. The third kappa shape index (κ3) is 3.32. The Kier molecular flexibility index (Phi) is 4.60. The number of rotatable bonds is 3. The first kappa shape index (κ1) is 16.5. The molecule has 0 aromatic heterocycles. The molecule has 2 N–H and O–H groups in total. The zero-order chi connectivity index (χ0) is 16.5. The average molecular weight is 329 g/mol. The van der Waals surface area contributed by atoms with Crippen molar-refractivity contribution in [1.82, 2.24) is 10.2 Å². The van der Waals surface area contributed by atoms with Crippen LogP contribution in [0.15, 0.2) is 18.2 Å². The van der Waals surface area contributed by atoms with Gasteiger partial charge in [-0.3, -0.25) is 4.79 Å². The summed E-state index contributed by atoms with van der Waals surface area (Å²) in [7, 11) is 0. The predicted octanol–water partition coefficient (Wildman–Crippen LogP) is 3.05. The molecule has 1 aromatic carbocycles. The Hall–Kier alpha value is -1.82. The molecule has 0 saturated carbocycles. The molecule has 1 aliphatic rings. The first-order valence-electron chi connectivity index (χ1n) is 6.97. The van der Waals surface area contributed by atoms with E-state index in [1.165, 1.54) is 23.1 Å². The van der Waals surface area contributed by atoms with Crippen LogP contribution in [0.4, 0.5) is 9.18 Å². The Morgan fingerprint density at radius 1 is 1.50 bits per heavy atom. The maximum atomic E-state index is 13.0. The number of carboxylic acids is 1. The van der Waals surface area contributed by atoms with Crippen LogP contribution < -0.4 is 5.32 Å². The minimum Gasteiger partial charge on any atom is -0.481 e. The molecule has 1 aliphatic heterocycles. The van der Waals surface area contributed by atoms with Gasteiger partial charge in [0.05, 0.1) is 11.5 Å².